The molecule has 3 heteroatoms. The van der Waals surface area contributed by atoms with Crippen molar-refractivity contribution in [1.82, 2.24) is 5.32 Å². The lowest BCUT2D eigenvalue weighted by atomic mass is 10.0. The summed E-state index contributed by atoms with van der Waals surface area (Å²) in [5, 5.41) is 3.14. The van der Waals surface area contributed by atoms with Gasteiger partial charge in [0.05, 0.1) is 12.6 Å². The van der Waals surface area contributed by atoms with Crippen molar-refractivity contribution in [3.63, 3.8) is 0 Å². The highest BCUT2D eigenvalue weighted by Gasteiger charge is 2.14. The SMILES string of the molecule is C#CCNCC(C)OCC1CCOCC1. The first-order valence-electron chi connectivity index (χ1n) is 5.66. The van der Waals surface area contributed by atoms with Gasteiger partial charge in [0, 0.05) is 26.4 Å². The first-order chi connectivity index (χ1) is 7.33. The molecule has 0 amide bonds. The Morgan fingerprint density at radius 3 is 2.93 bits per heavy atom. The molecule has 1 aliphatic heterocycles. The fourth-order valence-corrected chi connectivity index (χ4v) is 1.62. The Balaban J connectivity index is 2.00. The van der Waals surface area contributed by atoms with Crippen molar-refractivity contribution < 1.29 is 9.47 Å². The van der Waals surface area contributed by atoms with Crippen LogP contribution < -0.4 is 5.32 Å². The van der Waals surface area contributed by atoms with Gasteiger partial charge in [-0.1, -0.05) is 5.92 Å². The van der Waals surface area contributed by atoms with Crippen LogP contribution in [0.15, 0.2) is 0 Å². The van der Waals surface area contributed by atoms with Gasteiger partial charge in [-0.3, -0.25) is 0 Å². The molecular formula is C12H21NO2. The van der Waals surface area contributed by atoms with E-state index in [9.17, 15) is 0 Å². The van der Waals surface area contributed by atoms with E-state index in [-0.39, 0.29) is 6.10 Å². The van der Waals surface area contributed by atoms with Crippen LogP contribution >= 0.6 is 0 Å². The summed E-state index contributed by atoms with van der Waals surface area (Å²) in [4.78, 5) is 0. The molecule has 0 aliphatic carbocycles. The average Bonchev–Trinajstić information content (AvgIpc) is 2.28. The van der Waals surface area contributed by atoms with Crippen molar-refractivity contribution in [2.24, 2.45) is 5.92 Å². The van der Waals surface area contributed by atoms with E-state index >= 15 is 0 Å². The van der Waals surface area contributed by atoms with Gasteiger partial charge in [0.15, 0.2) is 0 Å². The van der Waals surface area contributed by atoms with E-state index in [4.69, 9.17) is 15.9 Å². The molecule has 1 saturated heterocycles. The van der Waals surface area contributed by atoms with Crippen LogP contribution in [0.4, 0.5) is 0 Å². The first kappa shape index (κ1) is 12.5. The minimum atomic E-state index is 0.237. The molecule has 1 N–H and O–H groups in total. The van der Waals surface area contributed by atoms with E-state index in [0.717, 1.165) is 39.2 Å². The van der Waals surface area contributed by atoms with Crippen LogP contribution in [-0.2, 0) is 9.47 Å². The molecule has 1 atom stereocenters. The number of hydrogen-bond donors (Lipinski definition) is 1. The molecule has 0 aromatic carbocycles. The number of nitrogens with one attached hydrogen (secondary N) is 1. The Labute approximate surface area is 92.5 Å². The second-order valence-electron chi connectivity index (χ2n) is 4.03. The molecule has 1 fully saturated rings. The summed E-state index contributed by atoms with van der Waals surface area (Å²) in [6.07, 6.45) is 7.63. The average molecular weight is 211 g/mol. The number of ether oxygens (including phenoxy) is 2. The Bertz CT molecular complexity index is 194. The van der Waals surface area contributed by atoms with Crippen molar-refractivity contribution in [2.75, 3.05) is 32.9 Å². The Morgan fingerprint density at radius 2 is 2.27 bits per heavy atom. The number of terminal acetylenes is 1. The van der Waals surface area contributed by atoms with Crippen molar-refractivity contribution in [3.8, 4) is 12.3 Å². The van der Waals surface area contributed by atoms with Crippen LogP contribution in [0.2, 0.25) is 0 Å². The molecule has 1 aliphatic rings. The summed E-state index contributed by atoms with van der Waals surface area (Å²) >= 11 is 0. The van der Waals surface area contributed by atoms with Gasteiger partial charge < -0.3 is 14.8 Å². The third-order valence-electron chi connectivity index (χ3n) is 2.62. The third kappa shape index (κ3) is 5.78. The van der Waals surface area contributed by atoms with Crippen LogP contribution in [-0.4, -0.2) is 39.0 Å². The molecule has 0 saturated carbocycles. The fraction of sp³-hybridized carbons (Fsp3) is 0.833. The molecule has 15 heavy (non-hydrogen) atoms. The van der Waals surface area contributed by atoms with Gasteiger partial charge in [-0.2, -0.15) is 0 Å². The largest absolute Gasteiger partial charge is 0.381 e. The van der Waals surface area contributed by atoms with Gasteiger partial charge in [0.25, 0.3) is 0 Å². The van der Waals surface area contributed by atoms with E-state index in [1.54, 1.807) is 0 Å². The van der Waals surface area contributed by atoms with Crippen molar-refractivity contribution in [2.45, 2.75) is 25.9 Å². The maximum atomic E-state index is 5.74. The molecule has 0 radical (unpaired) electrons. The number of hydrogen-bond acceptors (Lipinski definition) is 3. The molecule has 0 bridgehead atoms. The van der Waals surface area contributed by atoms with Crippen LogP contribution in [0.5, 0.6) is 0 Å². The monoisotopic (exact) mass is 211 g/mol. The standard InChI is InChI=1S/C12H21NO2/c1-3-6-13-9-11(2)15-10-12-4-7-14-8-5-12/h1,11-13H,4-10H2,2H3. The van der Waals surface area contributed by atoms with Gasteiger partial charge in [-0.15, -0.1) is 6.42 Å². The molecule has 0 spiro atoms. The zero-order valence-corrected chi connectivity index (χ0v) is 9.50. The summed E-state index contributed by atoms with van der Waals surface area (Å²) in [7, 11) is 0. The van der Waals surface area contributed by atoms with Crippen molar-refractivity contribution in [1.29, 1.82) is 0 Å². The smallest absolute Gasteiger partial charge is 0.0671 e. The van der Waals surface area contributed by atoms with E-state index in [2.05, 4.69) is 18.2 Å². The Kier molecular flexibility index (Phi) is 6.42. The van der Waals surface area contributed by atoms with E-state index < -0.39 is 0 Å². The van der Waals surface area contributed by atoms with Gasteiger partial charge in [0.1, 0.15) is 0 Å². The summed E-state index contributed by atoms with van der Waals surface area (Å²) in [5.74, 6) is 3.22. The van der Waals surface area contributed by atoms with Crippen molar-refractivity contribution >= 4 is 0 Å². The first-order valence-corrected chi connectivity index (χ1v) is 5.66. The van der Waals surface area contributed by atoms with Gasteiger partial charge >= 0.3 is 0 Å². The topological polar surface area (TPSA) is 30.5 Å². The molecule has 1 unspecified atom stereocenters. The predicted octanol–water partition coefficient (Wildman–Crippen LogP) is 1.04. The normalized spacial score (nSPS) is 19.7. The quantitative estimate of drug-likeness (QED) is 0.526. The summed E-state index contributed by atoms with van der Waals surface area (Å²) in [6.45, 7) is 6.14. The lowest BCUT2D eigenvalue weighted by Crippen LogP contribution is -2.29. The van der Waals surface area contributed by atoms with Gasteiger partial charge in [-0.05, 0) is 25.7 Å². The zero-order valence-electron chi connectivity index (χ0n) is 9.50. The van der Waals surface area contributed by atoms with E-state index in [0.29, 0.717) is 12.5 Å². The van der Waals surface area contributed by atoms with Crippen LogP contribution in [0.3, 0.4) is 0 Å². The molecule has 86 valence electrons. The Hall–Kier alpha value is -0.560. The van der Waals surface area contributed by atoms with Crippen molar-refractivity contribution in [3.05, 3.63) is 0 Å². The molecule has 0 aromatic rings. The van der Waals surface area contributed by atoms with Crippen LogP contribution in [0.1, 0.15) is 19.8 Å². The second-order valence-corrected chi connectivity index (χ2v) is 4.03. The predicted molar refractivity (Wildman–Crippen MR) is 60.7 cm³/mol. The lowest BCUT2D eigenvalue weighted by Gasteiger charge is -2.23. The van der Waals surface area contributed by atoms with Crippen LogP contribution in [0.25, 0.3) is 0 Å². The van der Waals surface area contributed by atoms with E-state index in [1.807, 2.05) is 0 Å². The minimum Gasteiger partial charge on any atom is -0.381 e. The third-order valence-corrected chi connectivity index (χ3v) is 2.62. The fourth-order valence-electron chi connectivity index (χ4n) is 1.62. The number of rotatable bonds is 6. The maximum Gasteiger partial charge on any atom is 0.0671 e. The summed E-state index contributed by atoms with van der Waals surface area (Å²) in [5.41, 5.74) is 0. The van der Waals surface area contributed by atoms with Gasteiger partial charge in [0.2, 0.25) is 0 Å². The van der Waals surface area contributed by atoms with E-state index in [1.165, 1.54) is 0 Å². The summed E-state index contributed by atoms with van der Waals surface area (Å²) < 4.78 is 11.0. The highest BCUT2D eigenvalue weighted by Crippen LogP contribution is 2.15. The van der Waals surface area contributed by atoms with Crippen LogP contribution in [0, 0.1) is 18.3 Å². The molecule has 1 heterocycles. The Morgan fingerprint density at radius 1 is 1.53 bits per heavy atom. The molecule has 3 nitrogen and oxygen atoms in total. The summed E-state index contributed by atoms with van der Waals surface area (Å²) in [6, 6.07) is 0. The zero-order chi connectivity index (χ0) is 10.9. The molecular weight excluding hydrogens is 190 g/mol. The molecule has 1 rings (SSSR count). The maximum absolute atomic E-state index is 5.74. The second kappa shape index (κ2) is 7.70. The lowest BCUT2D eigenvalue weighted by molar-refractivity contribution is -0.00403. The van der Waals surface area contributed by atoms with Gasteiger partial charge in [-0.25, -0.2) is 0 Å². The highest BCUT2D eigenvalue weighted by molar-refractivity contribution is 4.86. The highest BCUT2D eigenvalue weighted by atomic mass is 16.5. The minimum absolute atomic E-state index is 0.237. The molecule has 0 aromatic heterocycles.